The van der Waals surface area contributed by atoms with E-state index in [1.165, 1.54) is 35.1 Å². The van der Waals surface area contributed by atoms with Crippen molar-refractivity contribution in [3.63, 3.8) is 0 Å². The highest BCUT2D eigenvalue weighted by Gasteiger charge is 2.48. The van der Waals surface area contributed by atoms with Crippen molar-refractivity contribution < 1.29 is 5.11 Å². The largest absolute Gasteiger partial charge is 0.511 e. The zero-order chi connectivity index (χ0) is 9.22. The van der Waals surface area contributed by atoms with Crippen LogP contribution in [0.1, 0.15) is 33.1 Å². The van der Waals surface area contributed by atoms with E-state index >= 15 is 0 Å². The molecule has 1 nitrogen and oxygen atoms in total. The SMILES string of the molecule is CC1=C2C(=C3C=C(O)C2(C)C3)CC1. The van der Waals surface area contributed by atoms with Crippen molar-refractivity contribution in [3.8, 4) is 0 Å². The quantitative estimate of drug-likeness (QED) is 0.597. The van der Waals surface area contributed by atoms with E-state index in [-0.39, 0.29) is 5.41 Å². The van der Waals surface area contributed by atoms with E-state index in [2.05, 4.69) is 13.8 Å². The summed E-state index contributed by atoms with van der Waals surface area (Å²) >= 11 is 0. The van der Waals surface area contributed by atoms with E-state index in [1.54, 1.807) is 0 Å². The van der Waals surface area contributed by atoms with Gasteiger partial charge in [0, 0.05) is 0 Å². The van der Waals surface area contributed by atoms with Crippen molar-refractivity contribution in [1.29, 1.82) is 0 Å². The summed E-state index contributed by atoms with van der Waals surface area (Å²) in [5, 5.41) is 9.84. The molecule has 13 heavy (non-hydrogen) atoms. The second kappa shape index (κ2) is 1.92. The van der Waals surface area contributed by atoms with Crippen molar-refractivity contribution in [2.75, 3.05) is 0 Å². The molecular weight excluding hydrogens is 160 g/mol. The Balaban J connectivity index is 2.30. The van der Waals surface area contributed by atoms with Crippen LogP contribution < -0.4 is 0 Å². The Morgan fingerprint density at radius 1 is 1.38 bits per heavy atom. The van der Waals surface area contributed by atoms with Gasteiger partial charge >= 0.3 is 0 Å². The molecular formula is C12H14O. The Bertz CT molecular complexity index is 395. The smallest absolute Gasteiger partial charge is 0.103 e. The molecule has 0 aromatic carbocycles. The molecule has 0 aliphatic heterocycles. The molecule has 3 aliphatic rings. The van der Waals surface area contributed by atoms with E-state index in [9.17, 15) is 5.11 Å². The maximum Gasteiger partial charge on any atom is 0.103 e. The highest BCUT2D eigenvalue weighted by Crippen LogP contribution is 2.60. The molecule has 0 amide bonds. The van der Waals surface area contributed by atoms with Gasteiger partial charge in [-0.3, -0.25) is 0 Å². The van der Waals surface area contributed by atoms with Gasteiger partial charge in [-0.2, -0.15) is 0 Å². The number of fused-ring (bicyclic) bond motifs is 4. The molecule has 68 valence electrons. The Kier molecular flexibility index (Phi) is 1.10. The summed E-state index contributed by atoms with van der Waals surface area (Å²) in [5.74, 6) is 0.586. The van der Waals surface area contributed by atoms with Gasteiger partial charge < -0.3 is 5.11 Å². The number of hydrogen-bond donors (Lipinski definition) is 1. The first-order valence-electron chi connectivity index (χ1n) is 4.97. The predicted molar refractivity (Wildman–Crippen MR) is 52.4 cm³/mol. The minimum absolute atomic E-state index is 0.0365. The van der Waals surface area contributed by atoms with Crippen LogP contribution in [0.3, 0.4) is 0 Å². The Labute approximate surface area is 78.5 Å². The second-order valence-electron chi connectivity index (χ2n) is 4.70. The van der Waals surface area contributed by atoms with Gasteiger partial charge in [0.2, 0.25) is 0 Å². The molecule has 0 saturated carbocycles. The minimum Gasteiger partial charge on any atom is -0.511 e. The fourth-order valence-electron chi connectivity index (χ4n) is 3.20. The van der Waals surface area contributed by atoms with Crippen molar-refractivity contribution in [3.05, 3.63) is 34.1 Å². The van der Waals surface area contributed by atoms with Gasteiger partial charge in [-0.1, -0.05) is 5.57 Å². The highest BCUT2D eigenvalue weighted by molar-refractivity contribution is 5.63. The fourth-order valence-corrected chi connectivity index (χ4v) is 3.20. The normalized spacial score (nSPS) is 36.0. The third-order valence-corrected chi connectivity index (χ3v) is 3.84. The minimum atomic E-state index is -0.0365. The van der Waals surface area contributed by atoms with Crippen LogP contribution in [0.2, 0.25) is 0 Å². The maximum atomic E-state index is 9.84. The lowest BCUT2D eigenvalue weighted by atomic mass is 9.81. The second-order valence-corrected chi connectivity index (χ2v) is 4.70. The van der Waals surface area contributed by atoms with Crippen molar-refractivity contribution in [2.45, 2.75) is 33.1 Å². The molecule has 0 radical (unpaired) electrons. The zero-order valence-electron chi connectivity index (χ0n) is 8.15. The van der Waals surface area contributed by atoms with Crippen molar-refractivity contribution in [1.82, 2.24) is 0 Å². The van der Waals surface area contributed by atoms with Crippen LogP contribution in [0.15, 0.2) is 34.1 Å². The first-order chi connectivity index (χ1) is 6.13. The Morgan fingerprint density at radius 3 is 2.92 bits per heavy atom. The molecule has 3 rings (SSSR count). The third-order valence-electron chi connectivity index (χ3n) is 3.84. The van der Waals surface area contributed by atoms with E-state index in [1.807, 2.05) is 6.08 Å². The number of aliphatic hydroxyl groups excluding tert-OH is 1. The maximum absolute atomic E-state index is 9.84. The number of allylic oxidation sites excluding steroid dienone is 5. The lowest BCUT2D eigenvalue weighted by Gasteiger charge is -2.24. The predicted octanol–water partition coefficient (Wildman–Crippen LogP) is 3.26. The molecule has 1 atom stereocenters. The van der Waals surface area contributed by atoms with Gasteiger partial charge in [0.15, 0.2) is 0 Å². The van der Waals surface area contributed by atoms with Gasteiger partial charge in [-0.25, -0.2) is 0 Å². The van der Waals surface area contributed by atoms with Gasteiger partial charge in [-0.15, -0.1) is 0 Å². The average molecular weight is 174 g/mol. The summed E-state index contributed by atoms with van der Waals surface area (Å²) in [6.45, 7) is 4.38. The first kappa shape index (κ1) is 7.43. The topological polar surface area (TPSA) is 20.2 Å². The van der Waals surface area contributed by atoms with E-state index in [0.29, 0.717) is 5.76 Å². The zero-order valence-corrected chi connectivity index (χ0v) is 8.15. The van der Waals surface area contributed by atoms with Crippen LogP contribution in [0.4, 0.5) is 0 Å². The van der Waals surface area contributed by atoms with Crippen LogP contribution in [-0.2, 0) is 0 Å². The molecule has 0 aromatic heterocycles. The summed E-state index contributed by atoms with van der Waals surface area (Å²) in [6, 6.07) is 0. The molecule has 0 fully saturated rings. The van der Waals surface area contributed by atoms with Crippen LogP contribution in [-0.4, -0.2) is 5.11 Å². The summed E-state index contributed by atoms with van der Waals surface area (Å²) in [6.07, 6.45) is 5.43. The van der Waals surface area contributed by atoms with Crippen LogP contribution in [0.5, 0.6) is 0 Å². The molecule has 1 N–H and O–H groups in total. The number of aliphatic hydroxyl groups is 1. The molecule has 0 heterocycles. The van der Waals surface area contributed by atoms with E-state index < -0.39 is 0 Å². The van der Waals surface area contributed by atoms with Crippen molar-refractivity contribution in [2.24, 2.45) is 5.41 Å². The average Bonchev–Trinajstić information content (AvgIpc) is 2.63. The standard InChI is InChI=1S/C12H14O/c1-7-3-4-9-8-5-10(13)12(2,6-8)11(7)9/h5,13H,3-4,6H2,1-2H3. The van der Waals surface area contributed by atoms with E-state index in [4.69, 9.17) is 0 Å². The molecule has 3 aliphatic carbocycles. The van der Waals surface area contributed by atoms with Crippen LogP contribution >= 0.6 is 0 Å². The fraction of sp³-hybridized carbons (Fsp3) is 0.500. The molecule has 0 spiro atoms. The summed E-state index contributed by atoms with van der Waals surface area (Å²) < 4.78 is 0. The summed E-state index contributed by atoms with van der Waals surface area (Å²) in [5.41, 5.74) is 5.85. The molecule has 2 bridgehead atoms. The highest BCUT2D eigenvalue weighted by atomic mass is 16.3. The van der Waals surface area contributed by atoms with Crippen LogP contribution in [0.25, 0.3) is 0 Å². The number of rotatable bonds is 0. The van der Waals surface area contributed by atoms with E-state index in [0.717, 1.165) is 6.42 Å². The molecule has 1 unspecified atom stereocenters. The first-order valence-corrected chi connectivity index (χ1v) is 4.97. The van der Waals surface area contributed by atoms with Gasteiger partial charge in [0.05, 0.1) is 5.41 Å². The lowest BCUT2D eigenvalue weighted by Crippen LogP contribution is -2.16. The lowest BCUT2D eigenvalue weighted by molar-refractivity contribution is 0.294. The summed E-state index contributed by atoms with van der Waals surface area (Å²) in [7, 11) is 0. The molecule has 1 heteroatoms. The van der Waals surface area contributed by atoms with Gasteiger partial charge in [0.25, 0.3) is 0 Å². The molecule has 0 aromatic rings. The Hall–Kier alpha value is -0.980. The van der Waals surface area contributed by atoms with Gasteiger partial charge in [-0.05, 0) is 55.9 Å². The van der Waals surface area contributed by atoms with Crippen molar-refractivity contribution >= 4 is 0 Å². The monoisotopic (exact) mass is 174 g/mol. The summed E-state index contributed by atoms with van der Waals surface area (Å²) in [4.78, 5) is 0. The number of hydrogen-bond acceptors (Lipinski definition) is 1. The van der Waals surface area contributed by atoms with Gasteiger partial charge in [0.1, 0.15) is 5.76 Å². The van der Waals surface area contributed by atoms with Crippen LogP contribution in [0, 0.1) is 5.41 Å². The Morgan fingerprint density at radius 2 is 2.15 bits per heavy atom. The molecule has 0 saturated heterocycles. The third kappa shape index (κ3) is 0.654.